The lowest BCUT2D eigenvalue weighted by atomic mass is 9.91. The van der Waals surface area contributed by atoms with Gasteiger partial charge in [0.15, 0.2) is 0 Å². The van der Waals surface area contributed by atoms with Crippen LogP contribution >= 0.6 is 0 Å². The molecule has 2 aliphatic carbocycles. The summed E-state index contributed by atoms with van der Waals surface area (Å²) in [4.78, 5) is 74.0. The fourth-order valence-electron chi connectivity index (χ4n) is 8.85. The Bertz CT molecular complexity index is 2170. The average Bonchev–Trinajstić information content (AvgIpc) is 3.78. The smallest absolute Gasteiger partial charge is 0.281 e. The number of pyridine rings is 1. The molecule has 1 aromatic carbocycles. The van der Waals surface area contributed by atoms with Crippen LogP contribution in [0.1, 0.15) is 104 Å². The standard InChI is InChI=1S/C37H45N9O7S/c1-43(25-12-10-23(11-13-25)39-28-8-4-7-27-32(28)36(51)46(35(27)50)29-14-15-30(47)41-34(29)49)54(52,53)44-19-17-24(18-20-44)40-37-38-21-22-9-16-31(48)45(33(22)42-37)26-5-2-3-6-26/h4,7-9,16,21,23-26,29,39H,2-3,5-6,10-15,17-20H2,1H3,(H,38,40,42)(H,41,47,49). The molecule has 16 nitrogen and oxygen atoms in total. The van der Waals surface area contributed by atoms with E-state index in [0.717, 1.165) is 36.0 Å². The van der Waals surface area contributed by atoms with Gasteiger partial charge in [-0.1, -0.05) is 18.9 Å². The predicted octanol–water partition coefficient (Wildman–Crippen LogP) is 2.78. The van der Waals surface area contributed by atoms with Gasteiger partial charge in [-0.25, -0.2) is 4.98 Å². The summed E-state index contributed by atoms with van der Waals surface area (Å²) in [6, 6.07) is 7.16. The first kappa shape index (κ1) is 36.2. The third kappa shape index (κ3) is 6.66. The van der Waals surface area contributed by atoms with E-state index in [-0.39, 0.29) is 53.7 Å². The predicted molar refractivity (Wildman–Crippen MR) is 199 cm³/mol. The summed E-state index contributed by atoms with van der Waals surface area (Å²) in [6.07, 6.45) is 9.67. The highest BCUT2D eigenvalue weighted by atomic mass is 32.2. The van der Waals surface area contributed by atoms with E-state index in [1.807, 2.05) is 0 Å². The lowest BCUT2D eigenvalue weighted by Crippen LogP contribution is -2.54. The van der Waals surface area contributed by atoms with Gasteiger partial charge in [0.2, 0.25) is 17.8 Å². The topological polar surface area (TPSA) is 196 Å². The Morgan fingerprint density at radius 1 is 0.833 bits per heavy atom. The van der Waals surface area contributed by atoms with Crippen LogP contribution < -0.4 is 21.5 Å². The van der Waals surface area contributed by atoms with E-state index in [0.29, 0.717) is 68.9 Å². The first-order chi connectivity index (χ1) is 26.0. The van der Waals surface area contributed by atoms with Crippen LogP contribution in [-0.2, 0) is 19.8 Å². The molecule has 1 atom stereocenters. The van der Waals surface area contributed by atoms with Crippen molar-refractivity contribution < 1.29 is 27.6 Å². The summed E-state index contributed by atoms with van der Waals surface area (Å²) in [5.74, 6) is -1.77. The first-order valence-corrected chi connectivity index (χ1v) is 20.4. The van der Waals surface area contributed by atoms with Gasteiger partial charge in [-0.3, -0.25) is 38.8 Å². The highest BCUT2D eigenvalue weighted by molar-refractivity contribution is 7.86. The third-order valence-electron chi connectivity index (χ3n) is 11.9. The number of carbonyl (C=O) groups is 4. The molecule has 286 valence electrons. The van der Waals surface area contributed by atoms with Gasteiger partial charge in [-0.15, -0.1) is 0 Å². The van der Waals surface area contributed by atoms with Crippen LogP contribution in [0, 0.1) is 0 Å². The number of hydrogen-bond donors (Lipinski definition) is 3. The number of hydrogen-bond acceptors (Lipinski definition) is 11. The van der Waals surface area contributed by atoms with Crippen molar-refractivity contribution in [2.45, 2.75) is 107 Å². The monoisotopic (exact) mass is 759 g/mol. The summed E-state index contributed by atoms with van der Waals surface area (Å²) in [5.41, 5.74) is 1.50. The minimum Gasteiger partial charge on any atom is -0.382 e. The van der Waals surface area contributed by atoms with Crippen LogP contribution in [0.25, 0.3) is 11.0 Å². The van der Waals surface area contributed by atoms with Crippen LogP contribution in [-0.4, -0.2) is 104 Å². The normalized spacial score (nSPS) is 24.7. The molecule has 3 N–H and O–H groups in total. The molecule has 2 aromatic heterocycles. The minimum atomic E-state index is -3.72. The van der Waals surface area contributed by atoms with Gasteiger partial charge in [-0.05, 0) is 76.0 Å². The van der Waals surface area contributed by atoms with Crippen molar-refractivity contribution >= 4 is 56.5 Å². The Morgan fingerprint density at radius 2 is 1.56 bits per heavy atom. The zero-order valence-electron chi connectivity index (χ0n) is 30.2. The molecule has 5 heterocycles. The van der Waals surface area contributed by atoms with E-state index in [9.17, 15) is 32.4 Å². The number of anilines is 2. The molecule has 0 spiro atoms. The van der Waals surface area contributed by atoms with Gasteiger partial charge in [0.05, 0.1) is 11.1 Å². The van der Waals surface area contributed by atoms with Crippen molar-refractivity contribution in [2.75, 3.05) is 30.8 Å². The van der Waals surface area contributed by atoms with Crippen molar-refractivity contribution in [3.63, 3.8) is 0 Å². The van der Waals surface area contributed by atoms with Crippen molar-refractivity contribution in [1.29, 1.82) is 0 Å². The molecule has 5 aliphatic rings. The fourth-order valence-corrected chi connectivity index (χ4v) is 10.5. The van der Waals surface area contributed by atoms with Crippen molar-refractivity contribution in [1.82, 2.24) is 33.4 Å². The minimum absolute atomic E-state index is 0.0196. The number of nitrogens with one attached hydrogen (secondary N) is 3. The van der Waals surface area contributed by atoms with E-state index in [4.69, 9.17) is 4.98 Å². The van der Waals surface area contributed by atoms with E-state index in [1.165, 1.54) is 4.31 Å². The van der Waals surface area contributed by atoms with Crippen LogP contribution in [0.3, 0.4) is 0 Å². The maximum atomic E-state index is 13.8. The van der Waals surface area contributed by atoms with E-state index in [2.05, 4.69) is 20.9 Å². The van der Waals surface area contributed by atoms with E-state index in [1.54, 1.807) is 52.4 Å². The summed E-state index contributed by atoms with van der Waals surface area (Å²) in [7, 11) is -2.08. The van der Waals surface area contributed by atoms with Crippen molar-refractivity contribution in [3.8, 4) is 0 Å². The second-order valence-corrected chi connectivity index (χ2v) is 17.1. The number of nitrogens with zero attached hydrogens (tertiary/aromatic N) is 6. The summed E-state index contributed by atoms with van der Waals surface area (Å²) in [6.45, 7) is 0.701. The van der Waals surface area contributed by atoms with Gasteiger partial charge in [0.1, 0.15) is 11.7 Å². The van der Waals surface area contributed by atoms with Crippen LogP contribution in [0.2, 0.25) is 0 Å². The molecule has 4 fully saturated rings. The molecular formula is C37H45N9O7S. The highest BCUT2D eigenvalue weighted by Gasteiger charge is 2.46. The Morgan fingerprint density at radius 3 is 2.28 bits per heavy atom. The molecule has 3 aromatic rings. The van der Waals surface area contributed by atoms with Crippen molar-refractivity contribution in [2.24, 2.45) is 0 Å². The number of fused-ring (bicyclic) bond motifs is 2. The molecule has 0 bridgehead atoms. The Hall–Kier alpha value is -4.74. The quantitative estimate of drug-likeness (QED) is 0.272. The lowest BCUT2D eigenvalue weighted by Gasteiger charge is -2.39. The maximum Gasteiger partial charge on any atom is 0.281 e. The summed E-state index contributed by atoms with van der Waals surface area (Å²) < 4.78 is 32.4. The maximum absolute atomic E-state index is 13.8. The number of rotatable bonds is 9. The number of piperidine rings is 2. The van der Waals surface area contributed by atoms with Gasteiger partial charge < -0.3 is 10.6 Å². The molecule has 2 saturated carbocycles. The van der Waals surface area contributed by atoms with E-state index < -0.39 is 39.9 Å². The van der Waals surface area contributed by atoms with E-state index >= 15 is 0 Å². The molecule has 0 radical (unpaired) electrons. The Labute approximate surface area is 312 Å². The lowest BCUT2D eigenvalue weighted by molar-refractivity contribution is -0.136. The zero-order valence-corrected chi connectivity index (χ0v) is 31.0. The molecule has 1 unspecified atom stereocenters. The average molecular weight is 760 g/mol. The second kappa shape index (κ2) is 14.5. The second-order valence-electron chi connectivity index (χ2n) is 15.1. The number of benzene rings is 1. The number of imide groups is 2. The summed E-state index contributed by atoms with van der Waals surface area (Å²) in [5, 5.41) is 9.85. The molecule has 4 amide bonds. The van der Waals surface area contributed by atoms with Crippen LogP contribution in [0.4, 0.5) is 11.6 Å². The van der Waals surface area contributed by atoms with Crippen LogP contribution in [0.15, 0.2) is 41.3 Å². The Balaban J connectivity index is 0.856. The molecular weight excluding hydrogens is 715 g/mol. The van der Waals surface area contributed by atoms with Gasteiger partial charge in [0, 0.05) is 74.1 Å². The molecule has 17 heteroatoms. The number of amides is 4. The number of aromatic nitrogens is 3. The highest BCUT2D eigenvalue weighted by Crippen LogP contribution is 2.35. The molecule has 54 heavy (non-hydrogen) atoms. The molecule has 3 aliphatic heterocycles. The van der Waals surface area contributed by atoms with Gasteiger partial charge in [-0.2, -0.15) is 22.0 Å². The first-order valence-electron chi connectivity index (χ1n) is 19.0. The zero-order chi connectivity index (χ0) is 37.7. The van der Waals surface area contributed by atoms with Crippen LogP contribution in [0.5, 0.6) is 0 Å². The third-order valence-corrected chi connectivity index (χ3v) is 13.9. The summed E-state index contributed by atoms with van der Waals surface area (Å²) >= 11 is 0. The molecule has 8 rings (SSSR count). The molecule has 2 saturated heterocycles. The van der Waals surface area contributed by atoms with Gasteiger partial charge in [0.25, 0.3) is 27.6 Å². The largest absolute Gasteiger partial charge is 0.382 e. The van der Waals surface area contributed by atoms with Crippen molar-refractivity contribution in [3.05, 3.63) is 58.0 Å². The number of carbonyl (C=O) groups excluding carboxylic acids is 4. The Kier molecular flexibility index (Phi) is 9.72. The SMILES string of the molecule is CN(C1CCC(Nc2cccc3c2C(=O)N(C2CCC(=O)NC2=O)C3=O)CC1)S(=O)(=O)N1CCC(Nc2ncc3ccc(=O)n(C4CCCC4)c3n2)CC1. The fraction of sp³-hybridized carbons (Fsp3) is 0.541. The van der Waals surface area contributed by atoms with Gasteiger partial charge >= 0.3 is 0 Å².